The number of carbonyl (C=O) groups excluding carboxylic acids is 2. The summed E-state index contributed by atoms with van der Waals surface area (Å²) in [6.45, 7) is 9.15. The fourth-order valence-corrected chi connectivity index (χ4v) is 2.11. The molecule has 0 saturated carbocycles. The van der Waals surface area contributed by atoms with Crippen LogP contribution in [0.25, 0.3) is 0 Å². The van der Waals surface area contributed by atoms with Crippen molar-refractivity contribution in [1.82, 2.24) is 5.32 Å². The van der Waals surface area contributed by atoms with Gasteiger partial charge in [-0.25, -0.2) is 0 Å². The molecule has 23 heavy (non-hydrogen) atoms. The van der Waals surface area contributed by atoms with Crippen molar-refractivity contribution < 1.29 is 14.3 Å². The number of rotatable bonds is 3. The minimum Gasteiger partial charge on any atom is -0.378 e. The van der Waals surface area contributed by atoms with Gasteiger partial charge in [-0.1, -0.05) is 26.8 Å². The maximum absolute atomic E-state index is 12.2. The van der Waals surface area contributed by atoms with Gasteiger partial charge < -0.3 is 20.7 Å². The summed E-state index contributed by atoms with van der Waals surface area (Å²) in [6.07, 6.45) is 0. The van der Waals surface area contributed by atoms with Crippen molar-refractivity contribution >= 4 is 23.2 Å². The first-order valence-electron chi connectivity index (χ1n) is 7.81. The molecule has 2 rings (SSSR count). The lowest BCUT2D eigenvalue weighted by atomic mass is 9.95. The first-order valence-corrected chi connectivity index (χ1v) is 7.81. The number of hydrogen-bond acceptors (Lipinski definition) is 4. The van der Waals surface area contributed by atoms with E-state index < -0.39 is 5.41 Å². The molecule has 0 radical (unpaired) electrons. The van der Waals surface area contributed by atoms with E-state index in [0.29, 0.717) is 31.1 Å². The van der Waals surface area contributed by atoms with Crippen LogP contribution in [0.4, 0.5) is 11.4 Å². The van der Waals surface area contributed by atoms with Gasteiger partial charge in [0.05, 0.1) is 13.2 Å². The Labute approximate surface area is 137 Å². The quantitative estimate of drug-likeness (QED) is 0.795. The molecule has 0 spiro atoms. The zero-order valence-electron chi connectivity index (χ0n) is 14.2. The zero-order valence-corrected chi connectivity index (χ0v) is 14.2. The van der Waals surface area contributed by atoms with Gasteiger partial charge in [0.1, 0.15) is 6.04 Å². The second-order valence-corrected chi connectivity index (χ2v) is 6.80. The highest BCUT2D eigenvalue weighted by atomic mass is 16.5. The van der Waals surface area contributed by atoms with Gasteiger partial charge in [0.15, 0.2) is 0 Å². The molecule has 6 nitrogen and oxygen atoms in total. The van der Waals surface area contributed by atoms with Crippen molar-refractivity contribution in [3.05, 3.63) is 23.8 Å². The fourth-order valence-electron chi connectivity index (χ4n) is 2.11. The summed E-state index contributed by atoms with van der Waals surface area (Å²) >= 11 is 0. The third-order valence-corrected chi connectivity index (χ3v) is 3.67. The smallest absolute Gasteiger partial charge is 0.243 e. The van der Waals surface area contributed by atoms with Crippen LogP contribution < -0.4 is 16.0 Å². The summed E-state index contributed by atoms with van der Waals surface area (Å²) in [6, 6.07) is 5.13. The molecule has 1 heterocycles. The Kier molecular flexibility index (Phi) is 5.38. The molecule has 3 N–H and O–H groups in total. The van der Waals surface area contributed by atoms with Crippen LogP contribution in [0.15, 0.2) is 18.2 Å². The van der Waals surface area contributed by atoms with Crippen LogP contribution in [-0.2, 0) is 14.3 Å². The van der Waals surface area contributed by atoms with Crippen LogP contribution in [0.3, 0.4) is 0 Å². The van der Waals surface area contributed by atoms with Gasteiger partial charge in [0.25, 0.3) is 0 Å². The third kappa shape index (κ3) is 4.77. The number of carbonyl (C=O) groups is 2. The highest BCUT2D eigenvalue weighted by Crippen LogP contribution is 2.23. The van der Waals surface area contributed by atoms with Crippen LogP contribution in [0.2, 0.25) is 0 Å². The van der Waals surface area contributed by atoms with E-state index in [1.807, 2.05) is 39.8 Å². The van der Waals surface area contributed by atoms with Crippen LogP contribution in [0, 0.1) is 12.3 Å². The SMILES string of the molecule is Cc1ccc(NC(=O)C2COCCN2)cc1NC(=O)C(C)(C)C. The molecule has 1 saturated heterocycles. The molecule has 1 aliphatic heterocycles. The summed E-state index contributed by atoms with van der Waals surface area (Å²) < 4.78 is 5.29. The summed E-state index contributed by atoms with van der Waals surface area (Å²) in [7, 11) is 0. The Morgan fingerprint density at radius 3 is 2.61 bits per heavy atom. The van der Waals surface area contributed by atoms with E-state index in [1.54, 1.807) is 6.07 Å². The molecule has 1 fully saturated rings. The van der Waals surface area contributed by atoms with Gasteiger partial charge in [-0.05, 0) is 24.6 Å². The van der Waals surface area contributed by atoms with E-state index in [2.05, 4.69) is 16.0 Å². The highest BCUT2D eigenvalue weighted by Gasteiger charge is 2.23. The maximum Gasteiger partial charge on any atom is 0.243 e. The molecule has 126 valence electrons. The molecule has 0 aliphatic carbocycles. The van der Waals surface area contributed by atoms with Crippen molar-refractivity contribution in [3.63, 3.8) is 0 Å². The molecule has 1 unspecified atom stereocenters. The predicted molar refractivity (Wildman–Crippen MR) is 90.5 cm³/mol. The van der Waals surface area contributed by atoms with Gasteiger partial charge in [-0.2, -0.15) is 0 Å². The molecule has 1 aromatic carbocycles. The summed E-state index contributed by atoms with van der Waals surface area (Å²) in [5.41, 5.74) is 1.82. The molecule has 1 aliphatic rings. The lowest BCUT2D eigenvalue weighted by Crippen LogP contribution is -2.48. The number of ether oxygens (including phenoxy) is 1. The van der Waals surface area contributed by atoms with E-state index in [-0.39, 0.29) is 17.9 Å². The lowest BCUT2D eigenvalue weighted by molar-refractivity contribution is -0.123. The number of nitrogens with one attached hydrogen (secondary N) is 3. The zero-order chi connectivity index (χ0) is 17.0. The molecule has 6 heteroatoms. The number of anilines is 2. The van der Waals surface area contributed by atoms with Gasteiger partial charge in [-0.3, -0.25) is 9.59 Å². The standard InChI is InChI=1S/C17H25N3O3/c1-11-5-6-12(9-13(11)20-16(22)17(2,3)4)19-15(21)14-10-23-8-7-18-14/h5-6,9,14,18H,7-8,10H2,1-4H3,(H,19,21)(H,20,22). The Morgan fingerprint density at radius 1 is 1.26 bits per heavy atom. The Bertz CT molecular complexity index is 587. The molecular weight excluding hydrogens is 294 g/mol. The van der Waals surface area contributed by atoms with Crippen LogP contribution in [0.1, 0.15) is 26.3 Å². The minimum absolute atomic E-state index is 0.0635. The topological polar surface area (TPSA) is 79.5 Å². The molecule has 0 bridgehead atoms. The van der Waals surface area contributed by atoms with E-state index in [0.717, 1.165) is 5.56 Å². The van der Waals surface area contributed by atoms with Crippen molar-refractivity contribution in [2.75, 3.05) is 30.4 Å². The van der Waals surface area contributed by atoms with Crippen molar-refractivity contribution in [3.8, 4) is 0 Å². The molecule has 0 aromatic heterocycles. The predicted octanol–water partition coefficient (Wildman–Crippen LogP) is 1.91. The second kappa shape index (κ2) is 7.10. The maximum atomic E-state index is 12.2. The van der Waals surface area contributed by atoms with Crippen LogP contribution in [-0.4, -0.2) is 37.6 Å². The van der Waals surface area contributed by atoms with Gasteiger partial charge in [0.2, 0.25) is 11.8 Å². The van der Waals surface area contributed by atoms with Crippen molar-refractivity contribution in [2.24, 2.45) is 5.41 Å². The second-order valence-electron chi connectivity index (χ2n) is 6.80. The Morgan fingerprint density at radius 2 is 2.00 bits per heavy atom. The first kappa shape index (κ1) is 17.4. The lowest BCUT2D eigenvalue weighted by Gasteiger charge is -2.23. The van der Waals surface area contributed by atoms with E-state index in [1.165, 1.54) is 0 Å². The summed E-state index contributed by atoms with van der Waals surface area (Å²) in [4.78, 5) is 24.3. The Balaban J connectivity index is 2.07. The summed E-state index contributed by atoms with van der Waals surface area (Å²) in [5, 5.41) is 8.88. The van der Waals surface area contributed by atoms with Crippen molar-refractivity contribution in [2.45, 2.75) is 33.7 Å². The highest BCUT2D eigenvalue weighted by molar-refractivity contribution is 5.98. The van der Waals surface area contributed by atoms with Crippen LogP contribution in [0.5, 0.6) is 0 Å². The molecule has 1 atom stereocenters. The van der Waals surface area contributed by atoms with Gasteiger partial charge in [-0.15, -0.1) is 0 Å². The first-order chi connectivity index (χ1) is 10.8. The van der Waals surface area contributed by atoms with Crippen molar-refractivity contribution in [1.29, 1.82) is 0 Å². The largest absolute Gasteiger partial charge is 0.378 e. The Hall–Kier alpha value is -1.92. The van der Waals surface area contributed by atoms with Gasteiger partial charge >= 0.3 is 0 Å². The van der Waals surface area contributed by atoms with Gasteiger partial charge in [0, 0.05) is 23.3 Å². The van der Waals surface area contributed by atoms with E-state index >= 15 is 0 Å². The number of amides is 2. The normalized spacial score (nSPS) is 18.3. The number of benzene rings is 1. The van der Waals surface area contributed by atoms with E-state index in [9.17, 15) is 9.59 Å². The fraction of sp³-hybridized carbons (Fsp3) is 0.529. The molecular formula is C17H25N3O3. The minimum atomic E-state index is -0.477. The number of morpholine rings is 1. The monoisotopic (exact) mass is 319 g/mol. The average molecular weight is 319 g/mol. The number of hydrogen-bond donors (Lipinski definition) is 3. The average Bonchev–Trinajstić information content (AvgIpc) is 2.50. The van der Waals surface area contributed by atoms with E-state index in [4.69, 9.17) is 4.74 Å². The summed E-state index contributed by atoms with van der Waals surface area (Å²) in [5.74, 6) is -0.201. The third-order valence-electron chi connectivity index (χ3n) is 3.67. The van der Waals surface area contributed by atoms with Crippen LogP contribution >= 0.6 is 0 Å². The number of aryl methyl sites for hydroxylation is 1. The molecule has 2 amide bonds. The molecule has 1 aromatic rings.